The zero-order valence-electron chi connectivity index (χ0n) is 18.1. The number of ether oxygens (including phenoxy) is 1. The van der Waals surface area contributed by atoms with Gasteiger partial charge in [-0.1, -0.05) is 30.3 Å². The van der Waals surface area contributed by atoms with Crippen molar-refractivity contribution in [3.63, 3.8) is 0 Å². The van der Waals surface area contributed by atoms with E-state index in [4.69, 9.17) is 4.74 Å². The molecule has 1 unspecified atom stereocenters. The molecule has 2 aromatic rings. The van der Waals surface area contributed by atoms with Crippen LogP contribution < -0.4 is 15.5 Å². The second-order valence-electron chi connectivity index (χ2n) is 7.44. The van der Waals surface area contributed by atoms with Crippen LogP contribution in [0.4, 0.5) is 11.4 Å². The molecule has 8 nitrogen and oxygen atoms in total. The van der Waals surface area contributed by atoms with Gasteiger partial charge in [0.1, 0.15) is 6.61 Å². The fourth-order valence-electron chi connectivity index (χ4n) is 3.66. The van der Waals surface area contributed by atoms with E-state index in [1.165, 1.54) is 7.11 Å². The van der Waals surface area contributed by atoms with E-state index in [0.29, 0.717) is 30.0 Å². The summed E-state index contributed by atoms with van der Waals surface area (Å²) in [6, 6.07) is 14.0. The molecule has 0 bridgehead atoms. The van der Waals surface area contributed by atoms with Gasteiger partial charge in [0.15, 0.2) is 0 Å². The summed E-state index contributed by atoms with van der Waals surface area (Å²) in [5.74, 6) is -0.652. The van der Waals surface area contributed by atoms with Gasteiger partial charge in [0.2, 0.25) is 5.91 Å². The van der Waals surface area contributed by atoms with Crippen molar-refractivity contribution in [1.29, 1.82) is 0 Å². The highest BCUT2D eigenvalue weighted by molar-refractivity contribution is 6.06. The zero-order chi connectivity index (χ0) is 22.4. The van der Waals surface area contributed by atoms with Gasteiger partial charge < -0.3 is 25.2 Å². The molecule has 2 aromatic carbocycles. The van der Waals surface area contributed by atoms with Gasteiger partial charge in [0.25, 0.3) is 11.8 Å². The van der Waals surface area contributed by atoms with Crippen LogP contribution in [0.1, 0.15) is 28.4 Å². The number of fused-ring (bicyclic) bond motifs is 1. The molecule has 3 rings (SSSR count). The fraction of sp³-hybridized carbons (Fsp3) is 0.348. The Morgan fingerprint density at radius 2 is 1.97 bits per heavy atom. The Kier molecular flexibility index (Phi) is 7.38. The van der Waals surface area contributed by atoms with Crippen LogP contribution in [0.25, 0.3) is 0 Å². The lowest BCUT2D eigenvalue weighted by molar-refractivity contribution is -0.122. The monoisotopic (exact) mass is 424 g/mol. The second kappa shape index (κ2) is 10.2. The van der Waals surface area contributed by atoms with Gasteiger partial charge in [0.05, 0.1) is 23.8 Å². The van der Waals surface area contributed by atoms with E-state index in [9.17, 15) is 14.4 Å². The normalized spacial score (nSPS) is 15.6. The van der Waals surface area contributed by atoms with Crippen molar-refractivity contribution in [2.45, 2.75) is 12.5 Å². The Bertz CT molecular complexity index is 948. The van der Waals surface area contributed by atoms with Crippen molar-refractivity contribution in [2.24, 2.45) is 0 Å². The van der Waals surface area contributed by atoms with Crippen molar-refractivity contribution in [2.75, 3.05) is 51.1 Å². The van der Waals surface area contributed by atoms with Crippen molar-refractivity contribution < 1.29 is 19.1 Å². The van der Waals surface area contributed by atoms with Gasteiger partial charge in [-0.05, 0) is 30.8 Å². The summed E-state index contributed by atoms with van der Waals surface area (Å²) in [6.07, 6.45) is 0.0967. The Hall–Kier alpha value is -3.23. The number of nitrogens with one attached hydrogen (secondary N) is 2. The fourth-order valence-corrected chi connectivity index (χ4v) is 3.66. The molecule has 3 amide bonds. The number of likely N-dealkylation sites (N-methyl/N-ethyl adjacent to an activating group) is 2. The van der Waals surface area contributed by atoms with Gasteiger partial charge in [-0.2, -0.15) is 0 Å². The molecule has 8 heteroatoms. The lowest BCUT2D eigenvalue weighted by Gasteiger charge is -2.31. The lowest BCUT2D eigenvalue weighted by Crippen LogP contribution is -2.37. The number of carbonyl (C=O) groups is 3. The van der Waals surface area contributed by atoms with Crippen molar-refractivity contribution >= 4 is 29.1 Å². The minimum atomic E-state index is -0.482. The number of carbonyl (C=O) groups excluding carboxylic acids is 3. The predicted octanol–water partition coefficient (Wildman–Crippen LogP) is 2.04. The molecular weight excluding hydrogens is 396 g/mol. The average Bonchev–Trinajstić information content (AvgIpc) is 2.92. The number of nitrogens with zero attached hydrogens (tertiary/aromatic N) is 2. The molecule has 0 saturated carbocycles. The molecule has 1 heterocycles. The molecule has 1 aliphatic rings. The number of hydrogen-bond acceptors (Lipinski definition) is 5. The standard InChI is InChI=1S/C23H28N4O4/c1-24-11-12-26(2)23(30)17-9-10-19-18(13-17)25-21(28)14-20(16-7-5-4-6-8-16)27(19)22(29)15-31-3/h4-10,13,20,24H,11-12,14-15H2,1-3H3,(H,25,28). The van der Waals surface area contributed by atoms with E-state index >= 15 is 0 Å². The number of rotatable bonds is 7. The van der Waals surface area contributed by atoms with Gasteiger partial charge in [0, 0.05) is 32.8 Å². The van der Waals surface area contributed by atoms with Crippen LogP contribution in [0.5, 0.6) is 0 Å². The number of anilines is 2. The highest BCUT2D eigenvalue weighted by Crippen LogP contribution is 2.38. The summed E-state index contributed by atoms with van der Waals surface area (Å²) in [4.78, 5) is 41.7. The summed E-state index contributed by atoms with van der Waals surface area (Å²) in [5, 5.41) is 5.88. The topological polar surface area (TPSA) is 91.0 Å². The molecule has 0 fully saturated rings. The lowest BCUT2D eigenvalue weighted by atomic mass is 10.0. The molecular formula is C23H28N4O4. The summed E-state index contributed by atoms with van der Waals surface area (Å²) >= 11 is 0. The van der Waals surface area contributed by atoms with E-state index in [1.54, 1.807) is 35.0 Å². The zero-order valence-corrected chi connectivity index (χ0v) is 18.1. The van der Waals surface area contributed by atoms with Gasteiger partial charge >= 0.3 is 0 Å². The van der Waals surface area contributed by atoms with E-state index in [-0.39, 0.29) is 30.7 Å². The van der Waals surface area contributed by atoms with Crippen molar-refractivity contribution in [3.05, 3.63) is 59.7 Å². The summed E-state index contributed by atoms with van der Waals surface area (Å²) in [6.45, 7) is 1.10. The summed E-state index contributed by atoms with van der Waals surface area (Å²) < 4.78 is 5.09. The first-order valence-electron chi connectivity index (χ1n) is 10.2. The molecule has 1 aliphatic heterocycles. The Morgan fingerprint density at radius 3 is 2.65 bits per heavy atom. The van der Waals surface area contributed by atoms with Crippen LogP contribution in [0.3, 0.4) is 0 Å². The summed E-state index contributed by atoms with van der Waals surface area (Å²) in [5.41, 5.74) is 2.26. The molecule has 31 heavy (non-hydrogen) atoms. The third kappa shape index (κ3) is 5.10. The van der Waals surface area contributed by atoms with Crippen molar-refractivity contribution in [3.8, 4) is 0 Å². The molecule has 0 saturated heterocycles. The quantitative estimate of drug-likeness (QED) is 0.710. The highest BCUT2D eigenvalue weighted by atomic mass is 16.5. The van der Waals surface area contributed by atoms with E-state index < -0.39 is 6.04 Å². The molecule has 0 radical (unpaired) electrons. The third-order valence-corrected chi connectivity index (χ3v) is 5.23. The minimum Gasteiger partial charge on any atom is -0.375 e. The predicted molar refractivity (Wildman–Crippen MR) is 119 cm³/mol. The SMILES string of the molecule is CNCCN(C)C(=O)c1ccc2c(c1)NC(=O)CC(c1ccccc1)N2C(=O)COC. The second-order valence-corrected chi connectivity index (χ2v) is 7.44. The molecule has 2 N–H and O–H groups in total. The Morgan fingerprint density at radius 1 is 1.23 bits per heavy atom. The average molecular weight is 425 g/mol. The molecule has 0 spiro atoms. The third-order valence-electron chi connectivity index (χ3n) is 5.23. The number of hydrogen-bond donors (Lipinski definition) is 2. The van der Waals surface area contributed by atoms with Crippen LogP contribution >= 0.6 is 0 Å². The number of benzene rings is 2. The minimum absolute atomic E-state index is 0.0967. The smallest absolute Gasteiger partial charge is 0.253 e. The van der Waals surface area contributed by atoms with Gasteiger partial charge in [-0.25, -0.2) is 0 Å². The first-order chi connectivity index (χ1) is 15.0. The van der Waals surface area contributed by atoms with Crippen molar-refractivity contribution in [1.82, 2.24) is 10.2 Å². The maximum atomic E-state index is 13.0. The summed E-state index contributed by atoms with van der Waals surface area (Å²) in [7, 11) is 5.01. The Balaban J connectivity index is 2.03. The van der Waals surface area contributed by atoms with E-state index in [2.05, 4.69) is 10.6 Å². The van der Waals surface area contributed by atoms with Gasteiger partial charge in [-0.15, -0.1) is 0 Å². The van der Waals surface area contributed by atoms with Crippen LogP contribution in [0.15, 0.2) is 48.5 Å². The largest absolute Gasteiger partial charge is 0.375 e. The van der Waals surface area contributed by atoms with Gasteiger partial charge in [-0.3, -0.25) is 14.4 Å². The number of methoxy groups -OCH3 is 1. The van der Waals surface area contributed by atoms with Crippen LogP contribution in [0, 0.1) is 0 Å². The van der Waals surface area contributed by atoms with Crippen LogP contribution in [-0.4, -0.2) is 63.5 Å². The molecule has 0 aliphatic carbocycles. The first kappa shape index (κ1) is 22.5. The van der Waals surface area contributed by atoms with Crippen LogP contribution in [-0.2, 0) is 14.3 Å². The highest BCUT2D eigenvalue weighted by Gasteiger charge is 2.33. The van der Waals surface area contributed by atoms with Crippen LogP contribution in [0.2, 0.25) is 0 Å². The molecule has 0 aromatic heterocycles. The van der Waals surface area contributed by atoms with E-state index in [0.717, 1.165) is 5.56 Å². The van der Waals surface area contributed by atoms with E-state index in [1.807, 2.05) is 37.4 Å². The maximum Gasteiger partial charge on any atom is 0.253 e. The first-order valence-corrected chi connectivity index (χ1v) is 10.2. The Labute approximate surface area is 182 Å². The molecule has 1 atom stereocenters. The molecule has 164 valence electrons. The number of amides is 3. The maximum absolute atomic E-state index is 13.0.